The largest absolute Gasteiger partial charge is 0.508 e. The first-order chi connectivity index (χ1) is 14.7. The standard InChI is InChI=1S/C21H22O10/c1-8-15(24)17(26)19(28)21(29-8)30-11-6-12(23)14-13(7-11)31-20(18(27)16(14)25)9-2-4-10(22)5-3-9/h2-8,15,17-24,26-28H,1H3/t8-,15-,17+,18+,19+,20-,21-/m0/s1. The van der Waals surface area contributed by atoms with Crippen molar-refractivity contribution in [2.45, 2.75) is 49.8 Å². The molecule has 1 fully saturated rings. The number of ether oxygens (including phenoxy) is 3. The van der Waals surface area contributed by atoms with Crippen LogP contribution in [0.4, 0.5) is 0 Å². The Bertz CT molecular complexity index is 975. The molecule has 166 valence electrons. The van der Waals surface area contributed by atoms with Gasteiger partial charge in [0, 0.05) is 12.1 Å². The number of aliphatic hydroxyl groups is 4. The fourth-order valence-corrected chi connectivity index (χ4v) is 3.63. The van der Waals surface area contributed by atoms with Gasteiger partial charge in [-0.05, 0) is 24.6 Å². The second kappa shape index (κ2) is 7.98. The Kier molecular flexibility index (Phi) is 5.50. The van der Waals surface area contributed by atoms with E-state index < -0.39 is 54.4 Å². The maximum Gasteiger partial charge on any atom is 0.229 e. The van der Waals surface area contributed by atoms with Gasteiger partial charge in [0.15, 0.2) is 12.2 Å². The lowest BCUT2D eigenvalue weighted by Crippen LogP contribution is -2.58. The van der Waals surface area contributed by atoms with E-state index in [9.17, 15) is 35.4 Å². The third-order valence-corrected chi connectivity index (χ3v) is 5.39. The number of hydrogen-bond donors (Lipinski definition) is 6. The number of Topliss-reactive ketones (excluding diaryl/α,β-unsaturated/α-hetero) is 1. The van der Waals surface area contributed by atoms with Crippen LogP contribution in [0.25, 0.3) is 0 Å². The average molecular weight is 434 g/mol. The van der Waals surface area contributed by atoms with Gasteiger partial charge in [-0.1, -0.05) is 12.1 Å². The molecule has 10 heteroatoms. The number of phenols is 2. The molecule has 2 aromatic carbocycles. The van der Waals surface area contributed by atoms with Crippen LogP contribution in [0.2, 0.25) is 0 Å². The maximum atomic E-state index is 12.7. The molecule has 2 aliphatic heterocycles. The molecular weight excluding hydrogens is 412 g/mol. The summed E-state index contributed by atoms with van der Waals surface area (Å²) >= 11 is 0. The van der Waals surface area contributed by atoms with Crippen LogP contribution in [0.5, 0.6) is 23.0 Å². The highest BCUT2D eigenvalue weighted by molar-refractivity contribution is 6.05. The minimum Gasteiger partial charge on any atom is -0.508 e. The lowest BCUT2D eigenvalue weighted by Gasteiger charge is -2.39. The second-order valence-corrected chi connectivity index (χ2v) is 7.55. The van der Waals surface area contributed by atoms with Gasteiger partial charge < -0.3 is 44.8 Å². The maximum absolute atomic E-state index is 12.7. The predicted octanol–water partition coefficient (Wildman–Crippen LogP) is -0.0186. The van der Waals surface area contributed by atoms with E-state index in [0.717, 1.165) is 6.07 Å². The number of benzene rings is 2. The van der Waals surface area contributed by atoms with Gasteiger partial charge in [0.05, 0.1) is 6.10 Å². The number of hydrogen-bond acceptors (Lipinski definition) is 10. The number of carbonyl (C=O) groups is 1. The summed E-state index contributed by atoms with van der Waals surface area (Å²) in [6.45, 7) is 1.49. The van der Waals surface area contributed by atoms with Gasteiger partial charge in [-0.2, -0.15) is 0 Å². The first-order valence-corrected chi connectivity index (χ1v) is 9.58. The number of carbonyl (C=O) groups excluding carboxylic acids is 1. The van der Waals surface area contributed by atoms with Crippen molar-refractivity contribution < 1.29 is 49.6 Å². The van der Waals surface area contributed by atoms with Crippen LogP contribution in [0.1, 0.15) is 28.9 Å². The van der Waals surface area contributed by atoms with Crippen LogP contribution in [-0.4, -0.2) is 73.2 Å². The molecule has 0 unspecified atom stereocenters. The summed E-state index contributed by atoms with van der Waals surface area (Å²) in [5.41, 5.74) is 0.191. The van der Waals surface area contributed by atoms with E-state index in [2.05, 4.69) is 0 Å². The Morgan fingerprint density at radius 2 is 1.61 bits per heavy atom. The van der Waals surface area contributed by atoms with Gasteiger partial charge >= 0.3 is 0 Å². The molecule has 2 aliphatic rings. The zero-order valence-corrected chi connectivity index (χ0v) is 16.3. The minimum absolute atomic E-state index is 0.00156. The van der Waals surface area contributed by atoms with Crippen molar-refractivity contribution in [1.29, 1.82) is 0 Å². The van der Waals surface area contributed by atoms with Crippen molar-refractivity contribution >= 4 is 5.78 Å². The van der Waals surface area contributed by atoms with Crippen molar-refractivity contribution in [1.82, 2.24) is 0 Å². The van der Waals surface area contributed by atoms with Gasteiger partial charge in [0.25, 0.3) is 0 Å². The molecule has 6 N–H and O–H groups in total. The quantitative estimate of drug-likeness (QED) is 0.386. The van der Waals surface area contributed by atoms with Gasteiger partial charge in [0.1, 0.15) is 46.9 Å². The highest BCUT2D eigenvalue weighted by Gasteiger charge is 2.44. The summed E-state index contributed by atoms with van der Waals surface area (Å²) in [6, 6.07) is 8.11. The lowest BCUT2D eigenvalue weighted by molar-refractivity contribution is -0.268. The molecule has 2 aromatic rings. The predicted molar refractivity (Wildman–Crippen MR) is 103 cm³/mol. The van der Waals surface area contributed by atoms with Crippen LogP contribution < -0.4 is 9.47 Å². The molecule has 7 atom stereocenters. The van der Waals surface area contributed by atoms with Crippen molar-refractivity contribution in [3.8, 4) is 23.0 Å². The highest BCUT2D eigenvalue weighted by atomic mass is 16.7. The smallest absolute Gasteiger partial charge is 0.229 e. The fourth-order valence-electron chi connectivity index (χ4n) is 3.63. The van der Waals surface area contributed by atoms with Gasteiger partial charge in [-0.3, -0.25) is 4.79 Å². The van der Waals surface area contributed by atoms with Crippen LogP contribution in [0.3, 0.4) is 0 Å². The van der Waals surface area contributed by atoms with E-state index in [0.29, 0.717) is 5.56 Å². The Hall–Kier alpha value is -2.89. The number of aliphatic hydroxyl groups excluding tert-OH is 4. The molecular formula is C21H22O10. The summed E-state index contributed by atoms with van der Waals surface area (Å²) in [7, 11) is 0. The molecule has 0 spiro atoms. The Morgan fingerprint density at radius 3 is 2.29 bits per heavy atom. The summed E-state index contributed by atoms with van der Waals surface area (Å²) in [5.74, 6) is -1.38. The van der Waals surface area contributed by atoms with E-state index in [4.69, 9.17) is 14.2 Å². The zero-order chi connectivity index (χ0) is 22.4. The number of rotatable bonds is 3. The molecule has 0 bridgehead atoms. The van der Waals surface area contributed by atoms with Crippen LogP contribution in [0, 0.1) is 0 Å². The molecule has 2 heterocycles. The molecule has 0 radical (unpaired) electrons. The molecule has 0 saturated carbocycles. The second-order valence-electron chi connectivity index (χ2n) is 7.55. The van der Waals surface area contributed by atoms with Gasteiger partial charge in [0.2, 0.25) is 12.1 Å². The van der Waals surface area contributed by atoms with Gasteiger partial charge in [-0.25, -0.2) is 0 Å². The van der Waals surface area contributed by atoms with E-state index in [-0.39, 0.29) is 22.8 Å². The summed E-state index contributed by atoms with van der Waals surface area (Å²) in [6.07, 6.45) is -9.25. The lowest BCUT2D eigenvalue weighted by atomic mass is 9.93. The minimum atomic E-state index is -1.59. The van der Waals surface area contributed by atoms with Crippen LogP contribution in [0.15, 0.2) is 36.4 Å². The van der Waals surface area contributed by atoms with Crippen molar-refractivity contribution in [3.63, 3.8) is 0 Å². The van der Waals surface area contributed by atoms with Crippen LogP contribution >= 0.6 is 0 Å². The first-order valence-electron chi connectivity index (χ1n) is 9.58. The molecule has 0 aromatic heterocycles. The molecule has 0 amide bonds. The molecule has 10 nitrogen and oxygen atoms in total. The topological polar surface area (TPSA) is 166 Å². The molecule has 1 saturated heterocycles. The third-order valence-electron chi connectivity index (χ3n) is 5.39. The number of aromatic hydroxyl groups is 2. The highest BCUT2D eigenvalue weighted by Crippen LogP contribution is 2.42. The monoisotopic (exact) mass is 434 g/mol. The third kappa shape index (κ3) is 3.80. The molecule has 31 heavy (non-hydrogen) atoms. The number of fused-ring (bicyclic) bond motifs is 1. The Balaban J connectivity index is 1.63. The van der Waals surface area contributed by atoms with Crippen LogP contribution in [-0.2, 0) is 4.74 Å². The van der Waals surface area contributed by atoms with E-state index in [1.54, 1.807) is 0 Å². The number of phenolic OH excluding ortho intramolecular Hbond substituents is 2. The summed E-state index contributed by atoms with van der Waals surface area (Å²) < 4.78 is 16.7. The SMILES string of the molecule is C[C@@H]1O[C@@H](Oc2cc(O)c3c(c2)O[C@@H](c2ccc(O)cc2)[C@H](O)C3=O)[C@H](O)[C@H](O)[C@H]1O. The van der Waals surface area contributed by atoms with E-state index in [1.807, 2.05) is 0 Å². The number of ketones is 1. The van der Waals surface area contributed by atoms with Crippen molar-refractivity contribution in [2.75, 3.05) is 0 Å². The fraction of sp³-hybridized carbons (Fsp3) is 0.381. The Labute approximate surface area is 176 Å². The first kappa shape index (κ1) is 21.3. The van der Waals surface area contributed by atoms with Gasteiger partial charge in [-0.15, -0.1) is 0 Å². The molecule has 4 rings (SSSR count). The van der Waals surface area contributed by atoms with E-state index >= 15 is 0 Å². The van der Waals surface area contributed by atoms with Crippen molar-refractivity contribution in [2.24, 2.45) is 0 Å². The summed E-state index contributed by atoms with van der Waals surface area (Å²) in [5, 5.41) is 60.0. The zero-order valence-electron chi connectivity index (χ0n) is 16.3. The summed E-state index contributed by atoms with van der Waals surface area (Å²) in [4.78, 5) is 12.7. The molecule has 0 aliphatic carbocycles. The van der Waals surface area contributed by atoms with E-state index in [1.165, 1.54) is 37.3 Å². The normalized spacial score (nSPS) is 32.8. The van der Waals surface area contributed by atoms with Crippen molar-refractivity contribution in [3.05, 3.63) is 47.5 Å². The Morgan fingerprint density at radius 1 is 0.935 bits per heavy atom. The average Bonchev–Trinajstić information content (AvgIpc) is 2.73.